The van der Waals surface area contributed by atoms with Crippen LogP contribution in [0.25, 0.3) is 11.1 Å². The Labute approximate surface area is 198 Å². The van der Waals surface area contributed by atoms with E-state index >= 15 is 4.39 Å². The van der Waals surface area contributed by atoms with Crippen molar-refractivity contribution in [3.05, 3.63) is 67.8 Å². The fraction of sp³-hybridized carbons (Fsp3) is 0.136. The molecule has 0 fully saturated rings. The molecule has 0 aliphatic heterocycles. The first-order chi connectivity index (χ1) is 17.0. The van der Waals surface area contributed by atoms with Crippen LogP contribution in [0.15, 0.2) is 18.2 Å². The van der Waals surface area contributed by atoms with Crippen molar-refractivity contribution in [2.45, 2.75) is 18.5 Å². The van der Waals surface area contributed by atoms with Crippen LogP contribution in [0.2, 0.25) is 0 Å². The van der Waals surface area contributed by atoms with Gasteiger partial charge in [0.2, 0.25) is 0 Å². The van der Waals surface area contributed by atoms with E-state index < -0.39 is 79.3 Å². The second-order valence-corrected chi connectivity index (χ2v) is 6.78. The molecule has 0 heterocycles. The highest BCUT2D eigenvalue weighted by molar-refractivity contribution is 5.80. The summed E-state index contributed by atoms with van der Waals surface area (Å²) in [4.78, 5) is 0. The summed E-state index contributed by atoms with van der Waals surface area (Å²) >= 11 is 0. The number of nitriles is 5. The number of alkyl halides is 9. The minimum absolute atomic E-state index is 0.104. The molecular weight excluding hydrogens is 524 g/mol. The minimum Gasteiger partial charge on any atom is -0.206 e. The van der Waals surface area contributed by atoms with Crippen LogP contribution in [-0.2, 0) is 18.5 Å². The highest BCUT2D eigenvalue weighted by Gasteiger charge is 2.43. The Hall–Kier alpha value is -5.07. The second-order valence-electron chi connectivity index (χ2n) is 6.78. The molecule has 37 heavy (non-hydrogen) atoms. The van der Waals surface area contributed by atoms with Gasteiger partial charge in [0.15, 0.2) is 0 Å². The van der Waals surface area contributed by atoms with Gasteiger partial charge in [0.1, 0.15) is 41.2 Å². The van der Waals surface area contributed by atoms with E-state index in [4.69, 9.17) is 15.8 Å². The quantitative estimate of drug-likeness (QED) is 0.505. The van der Waals surface area contributed by atoms with Crippen molar-refractivity contribution >= 4 is 11.1 Å². The molecule has 5 nitrogen and oxygen atoms in total. The maximum atomic E-state index is 15.0. The summed E-state index contributed by atoms with van der Waals surface area (Å²) in [5.41, 5.74) is -14.3. The highest BCUT2D eigenvalue weighted by atomic mass is 19.4. The van der Waals surface area contributed by atoms with Crippen LogP contribution in [-0.4, -0.2) is 0 Å². The topological polar surface area (TPSA) is 119 Å². The molecule has 0 aromatic heterocycles. The standard InChI is InChI=1S/C22H3F10N5/c23-19-17(11(5-34)6-35)10(4-33)1-12(18(19)22(30,31)32)13(7-36)9-2-15(20(24,25)26)14(8-37)16(3-9)21(27,28)29/h1-3H/b13-12+. The number of rotatable bonds is 1. The van der Waals surface area contributed by atoms with E-state index in [9.17, 15) is 50.0 Å². The van der Waals surface area contributed by atoms with Crippen molar-refractivity contribution in [1.29, 1.82) is 26.3 Å². The Morgan fingerprint density at radius 2 is 1.14 bits per heavy atom. The monoisotopic (exact) mass is 527 g/mol. The molecule has 0 aliphatic carbocycles. The van der Waals surface area contributed by atoms with Crippen molar-refractivity contribution < 1.29 is 43.9 Å². The molecule has 15 heteroatoms. The van der Waals surface area contributed by atoms with Crippen LogP contribution in [0.5, 0.6) is 0 Å². The van der Waals surface area contributed by atoms with E-state index in [1.54, 1.807) is 0 Å². The first-order valence-electron chi connectivity index (χ1n) is 8.99. The Bertz CT molecular complexity index is 1590. The maximum Gasteiger partial charge on any atom is 0.419 e. The summed E-state index contributed by atoms with van der Waals surface area (Å²) in [6, 6.07) is 4.69. The number of halogens is 10. The van der Waals surface area contributed by atoms with Crippen LogP contribution < -0.4 is 10.4 Å². The van der Waals surface area contributed by atoms with Gasteiger partial charge in [-0.05, 0) is 23.8 Å². The summed E-state index contributed by atoms with van der Waals surface area (Å²) in [6.45, 7) is 0. The van der Waals surface area contributed by atoms with Gasteiger partial charge in [-0.1, -0.05) is 0 Å². The lowest BCUT2D eigenvalue weighted by atomic mass is 9.91. The average molecular weight is 527 g/mol. The van der Waals surface area contributed by atoms with E-state index in [1.807, 2.05) is 0 Å². The molecule has 2 aromatic rings. The first-order valence-corrected chi connectivity index (χ1v) is 8.99. The predicted octanol–water partition coefficient (Wildman–Crippen LogP) is 4.55. The molecule has 0 radical (unpaired) electrons. The zero-order valence-electron chi connectivity index (χ0n) is 17.2. The van der Waals surface area contributed by atoms with E-state index in [-0.39, 0.29) is 18.2 Å². The van der Waals surface area contributed by atoms with Gasteiger partial charge in [0.05, 0.1) is 39.1 Å². The van der Waals surface area contributed by atoms with Crippen molar-refractivity contribution in [2.75, 3.05) is 0 Å². The Morgan fingerprint density at radius 1 is 0.649 bits per heavy atom. The number of benzene rings is 2. The van der Waals surface area contributed by atoms with E-state index in [0.29, 0.717) is 0 Å². The summed E-state index contributed by atoms with van der Waals surface area (Å²) in [7, 11) is 0. The van der Waals surface area contributed by atoms with Crippen molar-refractivity contribution in [3.63, 3.8) is 0 Å². The van der Waals surface area contributed by atoms with Crippen LogP contribution in [0.4, 0.5) is 43.9 Å². The van der Waals surface area contributed by atoms with E-state index in [1.165, 1.54) is 6.07 Å². The third-order valence-corrected chi connectivity index (χ3v) is 4.67. The lowest BCUT2D eigenvalue weighted by Crippen LogP contribution is -2.32. The van der Waals surface area contributed by atoms with Crippen LogP contribution in [0, 0.1) is 62.5 Å². The van der Waals surface area contributed by atoms with Crippen LogP contribution in [0.3, 0.4) is 0 Å². The second kappa shape index (κ2) is 9.53. The molecule has 0 unspecified atom stereocenters. The molecule has 0 bridgehead atoms. The van der Waals surface area contributed by atoms with Gasteiger partial charge in [-0.3, -0.25) is 0 Å². The highest BCUT2D eigenvalue weighted by Crippen LogP contribution is 2.41. The smallest absolute Gasteiger partial charge is 0.206 e. The SMILES string of the molecule is N#CC(C#N)=c1c(C#N)c/c(=C(/C#N)c2cc(C(F)(F)F)c(C#N)c(C(F)(F)F)c2)c(C(F)(F)F)c1F. The summed E-state index contributed by atoms with van der Waals surface area (Å²) in [6.07, 6.45) is -17.1. The van der Waals surface area contributed by atoms with Gasteiger partial charge < -0.3 is 0 Å². The van der Waals surface area contributed by atoms with Gasteiger partial charge in [-0.2, -0.15) is 65.8 Å². The van der Waals surface area contributed by atoms with Crippen molar-refractivity contribution in [1.82, 2.24) is 0 Å². The minimum atomic E-state index is -5.79. The Morgan fingerprint density at radius 3 is 1.46 bits per heavy atom. The molecule has 2 aromatic carbocycles. The third-order valence-electron chi connectivity index (χ3n) is 4.67. The molecule has 186 valence electrons. The van der Waals surface area contributed by atoms with E-state index in [0.717, 1.165) is 24.3 Å². The van der Waals surface area contributed by atoms with Crippen molar-refractivity contribution in [3.8, 4) is 30.3 Å². The van der Waals surface area contributed by atoms with Gasteiger partial charge >= 0.3 is 18.5 Å². The zero-order valence-corrected chi connectivity index (χ0v) is 17.2. The van der Waals surface area contributed by atoms with Crippen molar-refractivity contribution in [2.24, 2.45) is 0 Å². The number of nitrogens with zero attached hydrogens (tertiary/aromatic N) is 5. The normalized spacial score (nSPS) is 12.4. The summed E-state index contributed by atoms with van der Waals surface area (Å²) < 4.78 is 137. The number of hydrogen-bond donors (Lipinski definition) is 0. The molecule has 0 atom stereocenters. The molecule has 2 rings (SSSR count). The molecule has 0 aliphatic rings. The van der Waals surface area contributed by atoms with Gasteiger partial charge in [-0.25, -0.2) is 4.39 Å². The lowest BCUT2D eigenvalue weighted by Gasteiger charge is -2.17. The summed E-state index contributed by atoms with van der Waals surface area (Å²) in [5, 5.41) is 42.4. The molecule has 0 saturated heterocycles. The predicted molar refractivity (Wildman–Crippen MR) is 99.3 cm³/mol. The number of hydrogen-bond acceptors (Lipinski definition) is 5. The fourth-order valence-corrected chi connectivity index (χ4v) is 3.23. The molecule has 0 saturated carbocycles. The summed E-state index contributed by atoms with van der Waals surface area (Å²) in [5.74, 6) is -2.44. The Kier molecular flexibility index (Phi) is 7.25. The third kappa shape index (κ3) is 5.15. The van der Waals surface area contributed by atoms with Crippen LogP contribution in [0.1, 0.15) is 33.4 Å². The average Bonchev–Trinajstić information content (AvgIpc) is 2.78. The van der Waals surface area contributed by atoms with Crippen LogP contribution >= 0.6 is 0 Å². The maximum absolute atomic E-state index is 15.0. The molecule has 0 N–H and O–H groups in total. The fourth-order valence-electron chi connectivity index (χ4n) is 3.23. The lowest BCUT2D eigenvalue weighted by molar-refractivity contribution is -0.144. The molecule has 0 spiro atoms. The van der Waals surface area contributed by atoms with Gasteiger partial charge in [-0.15, -0.1) is 0 Å². The van der Waals surface area contributed by atoms with Gasteiger partial charge in [0.25, 0.3) is 0 Å². The van der Waals surface area contributed by atoms with Gasteiger partial charge in [0, 0.05) is 5.22 Å². The van der Waals surface area contributed by atoms with E-state index in [2.05, 4.69) is 0 Å². The molecule has 0 amide bonds. The first kappa shape index (κ1) is 28.2. The zero-order chi connectivity index (χ0) is 28.5. The Balaban J connectivity index is 3.42. The largest absolute Gasteiger partial charge is 0.419 e. The molecular formula is C22H3F10N5.